The van der Waals surface area contributed by atoms with E-state index in [-0.39, 0.29) is 5.91 Å². The van der Waals surface area contributed by atoms with E-state index in [1.807, 2.05) is 24.0 Å². The van der Waals surface area contributed by atoms with Crippen LogP contribution in [0.25, 0.3) is 0 Å². The summed E-state index contributed by atoms with van der Waals surface area (Å²) in [5.41, 5.74) is 4.66. The third-order valence-corrected chi connectivity index (χ3v) is 5.71. The smallest absolute Gasteiger partial charge is 0.241 e. The summed E-state index contributed by atoms with van der Waals surface area (Å²) in [5.74, 6) is 1.27. The fourth-order valence-electron chi connectivity index (χ4n) is 4.17. The van der Waals surface area contributed by atoms with Crippen molar-refractivity contribution in [1.82, 2.24) is 14.9 Å². The molecule has 1 aromatic heterocycles. The number of para-hydroxylation sites is 1. The molecule has 1 fully saturated rings. The van der Waals surface area contributed by atoms with Crippen molar-refractivity contribution < 1.29 is 4.79 Å². The Kier molecular flexibility index (Phi) is 5.07. The van der Waals surface area contributed by atoms with Gasteiger partial charge in [-0.05, 0) is 31.4 Å². The monoisotopic (exact) mass is 365 g/mol. The van der Waals surface area contributed by atoms with Gasteiger partial charge in [0.05, 0.1) is 6.54 Å². The SMILES string of the molecule is CCc1c(C)ncnc1N1CCN(CC(=O)N2CCc3ccccc32)CC1. The molecule has 0 saturated carbocycles. The van der Waals surface area contributed by atoms with Crippen molar-refractivity contribution in [3.8, 4) is 0 Å². The van der Waals surface area contributed by atoms with E-state index in [0.29, 0.717) is 6.54 Å². The molecule has 1 amide bonds. The number of benzene rings is 1. The van der Waals surface area contributed by atoms with Gasteiger partial charge in [-0.1, -0.05) is 25.1 Å². The number of aryl methyl sites for hydroxylation is 1. The third-order valence-electron chi connectivity index (χ3n) is 5.71. The van der Waals surface area contributed by atoms with E-state index in [1.54, 1.807) is 6.33 Å². The Morgan fingerprint density at radius 3 is 2.63 bits per heavy atom. The lowest BCUT2D eigenvalue weighted by Crippen LogP contribution is -2.50. The van der Waals surface area contributed by atoms with Gasteiger partial charge in [0, 0.05) is 49.7 Å². The molecular formula is C21H27N5O. The van der Waals surface area contributed by atoms with Gasteiger partial charge in [-0.15, -0.1) is 0 Å². The predicted octanol–water partition coefficient (Wildman–Crippen LogP) is 2.06. The number of carbonyl (C=O) groups is 1. The van der Waals surface area contributed by atoms with Crippen molar-refractivity contribution in [3.05, 3.63) is 47.4 Å². The molecule has 4 rings (SSSR count). The molecule has 2 aromatic rings. The minimum atomic E-state index is 0.209. The fraction of sp³-hybridized carbons (Fsp3) is 0.476. The van der Waals surface area contributed by atoms with Crippen LogP contribution in [0, 0.1) is 6.92 Å². The Balaban J connectivity index is 1.37. The number of aromatic nitrogens is 2. The fourth-order valence-corrected chi connectivity index (χ4v) is 4.17. The van der Waals surface area contributed by atoms with Gasteiger partial charge in [-0.25, -0.2) is 9.97 Å². The van der Waals surface area contributed by atoms with Gasteiger partial charge in [0.1, 0.15) is 12.1 Å². The van der Waals surface area contributed by atoms with Crippen molar-refractivity contribution >= 4 is 17.4 Å². The van der Waals surface area contributed by atoms with Crippen molar-refractivity contribution in [2.24, 2.45) is 0 Å². The number of amides is 1. The molecule has 2 aliphatic heterocycles. The van der Waals surface area contributed by atoms with E-state index in [9.17, 15) is 4.79 Å². The zero-order valence-corrected chi connectivity index (χ0v) is 16.2. The number of fused-ring (bicyclic) bond motifs is 1. The normalized spacial score (nSPS) is 17.3. The quantitative estimate of drug-likeness (QED) is 0.830. The van der Waals surface area contributed by atoms with E-state index in [1.165, 1.54) is 11.1 Å². The first kappa shape index (κ1) is 17.9. The van der Waals surface area contributed by atoms with Crippen LogP contribution in [0.1, 0.15) is 23.7 Å². The van der Waals surface area contributed by atoms with E-state index < -0.39 is 0 Å². The minimum absolute atomic E-state index is 0.209. The summed E-state index contributed by atoms with van der Waals surface area (Å²) in [6, 6.07) is 8.24. The van der Waals surface area contributed by atoms with Crippen molar-refractivity contribution in [1.29, 1.82) is 0 Å². The van der Waals surface area contributed by atoms with Gasteiger partial charge < -0.3 is 9.80 Å². The lowest BCUT2D eigenvalue weighted by Gasteiger charge is -2.36. The maximum absolute atomic E-state index is 12.8. The molecule has 142 valence electrons. The highest BCUT2D eigenvalue weighted by molar-refractivity contribution is 5.96. The highest BCUT2D eigenvalue weighted by Crippen LogP contribution is 2.27. The molecule has 0 aliphatic carbocycles. The molecule has 0 unspecified atom stereocenters. The number of carbonyl (C=O) groups excluding carboxylic acids is 1. The van der Waals surface area contributed by atoms with Crippen molar-refractivity contribution in [2.45, 2.75) is 26.7 Å². The van der Waals surface area contributed by atoms with Crippen LogP contribution in [0.2, 0.25) is 0 Å². The molecule has 0 N–H and O–H groups in total. The van der Waals surface area contributed by atoms with Crippen LogP contribution in [0.4, 0.5) is 11.5 Å². The van der Waals surface area contributed by atoms with E-state index in [0.717, 1.165) is 62.8 Å². The van der Waals surface area contributed by atoms with E-state index in [2.05, 4.69) is 38.8 Å². The van der Waals surface area contributed by atoms with Crippen LogP contribution >= 0.6 is 0 Å². The molecule has 2 aliphatic rings. The summed E-state index contributed by atoms with van der Waals surface area (Å²) in [6.07, 6.45) is 3.56. The molecule has 0 radical (unpaired) electrons. The number of anilines is 2. The summed E-state index contributed by atoms with van der Waals surface area (Å²) in [5, 5.41) is 0. The average molecular weight is 365 g/mol. The maximum atomic E-state index is 12.8. The zero-order chi connectivity index (χ0) is 18.8. The first-order chi connectivity index (χ1) is 13.2. The highest BCUT2D eigenvalue weighted by atomic mass is 16.2. The van der Waals surface area contributed by atoms with Gasteiger partial charge in [-0.2, -0.15) is 0 Å². The molecule has 1 saturated heterocycles. The molecule has 6 nitrogen and oxygen atoms in total. The summed E-state index contributed by atoms with van der Waals surface area (Å²) >= 11 is 0. The molecule has 0 spiro atoms. The summed E-state index contributed by atoms with van der Waals surface area (Å²) in [7, 11) is 0. The molecule has 3 heterocycles. The molecule has 6 heteroatoms. The second-order valence-electron chi connectivity index (χ2n) is 7.30. The van der Waals surface area contributed by atoms with Gasteiger partial charge in [-0.3, -0.25) is 9.69 Å². The molecule has 0 atom stereocenters. The average Bonchev–Trinajstić information content (AvgIpc) is 3.13. The van der Waals surface area contributed by atoms with Crippen molar-refractivity contribution in [2.75, 3.05) is 49.1 Å². The van der Waals surface area contributed by atoms with Gasteiger partial charge >= 0.3 is 0 Å². The summed E-state index contributed by atoms with van der Waals surface area (Å²) in [4.78, 5) is 28.2. The Morgan fingerprint density at radius 2 is 1.85 bits per heavy atom. The number of nitrogens with zero attached hydrogens (tertiary/aromatic N) is 5. The van der Waals surface area contributed by atoms with Crippen molar-refractivity contribution in [3.63, 3.8) is 0 Å². The zero-order valence-electron chi connectivity index (χ0n) is 16.2. The topological polar surface area (TPSA) is 52.6 Å². The maximum Gasteiger partial charge on any atom is 0.241 e. The van der Waals surface area contributed by atoms with Crippen LogP contribution < -0.4 is 9.80 Å². The van der Waals surface area contributed by atoms with Crippen LogP contribution in [-0.4, -0.2) is 60.0 Å². The van der Waals surface area contributed by atoms with E-state index >= 15 is 0 Å². The summed E-state index contributed by atoms with van der Waals surface area (Å²) < 4.78 is 0. The Labute approximate surface area is 160 Å². The van der Waals surface area contributed by atoms with Crippen LogP contribution in [0.3, 0.4) is 0 Å². The first-order valence-electron chi connectivity index (χ1n) is 9.83. The second kappa shape index (κ2) is 7.64. The number of hydrogen-bond acceptors (Lipinski definition) is 5. The second-order valence-corrected chi connectivity index (χ2v) is 7.30. The first-order valence-corrected chi connectivity index (χ1v) is 9.83. The lowest BCUT2D eigenvalue weighted by molar-refractivity contribution is -0.119. The minimum Gasteiger partial charge on any atom is -0.354 e. The van der Waals surface area contributed by atoms with Gasteiger partial charge in [0.15, 0.2) is 0 Å². The Morgan fingerprint density at radius 1 is 1.07 bits per heavy atom. The molecular weight excluding hydrogens is 338 g/mol. The third kappa shape index (κ3) is 3.54. The molecule has 1 aromatic carbocycles. The highest BCUT2D eigenvalue weighted by Gasteiger charge is 2.27. The molecule has 0 bridgehead atoms. The predicted molar refractivity (Wildman–Crippen MR) is 107 cm³/mol. The van der Waals surface area contributed by atoms with Gasteiger partial charge in [0.25, 0.3) is 0 Å². The number of piperazine rings is 1. The van der Waals surface area contributed by atoms with Crippen LogP contribution in [0.15, 0.2) is 30.6 Å². The van der Waals surface area contributed by atoms with E-state index in [4.69, 9.17) is 0 Å². The van der Waals surface area contributed by atoms with Crippen LogP contribution in [0.5, 0.6) is 0 Å². The van der Waals surface area contributed by atoms with Gasteiger partial charge in [0.2, 0.25) is 5.91 Å². The standard InChI is InChI=1S/C21H27N5O/c1-3-18-16(2)22-15-23-21(18)25-12-10-24(11-13-25)14-20(27)26-9-8-17-6-4-5-7-19(17)26/h4-7,15H,3,8-14H2,1-2H3. The Hall–Kier alpha value is -2.47. The number of rotatable bonds is 4. The lowest BCUT2D eigenvalue weighted by atomic mass is 10.1. The summed E-state index contributed by atoms with van der Waals surface area (Å²) in [6.45, 7) is 9.05. The Bertz CT molecular complexity index is 829. The number of hydrogen-bond donors (Lipinski definition) is 0. The molecule has 27 heavy (non-hydrogen) atoms. The largest absolute Gasteiger partial charge is 0.354 e. The van der Waals surface area contributed by atoms with Crippen LogP contribution in [-0.2, 0) is 17.6 Å².